The third-order valence-corrected chi connectivity index (χ3v) is 4.07. The Bertz CT molecular complexity index is 151. The second kappa shape index (κ2) is 6.52. The molecule has 0 amide bonds. The van der Waals surface area contributed by atoms with Gasteiger partial charge in [-0.1, -0.05) is 46.5 Å². The van der Waals surface area contributed by atoms with E-state index in [4.69, 9.17) is 0 Å². The molecule has 1 nitrogen and oxygen atoms in total. The van der Waals surface area contributed by atoms with E-state index in [1.54, 1.807) is 0 Å². The van der Waals surface area contributed by atoms with E-state index in [9.17, 15) is 0 Å². The molecule has 1 unspecified atom stereocenters. The van der Waals surface area contributed by atoms with E-state index in [1.807, 2.05) is 0 Å². The molecule has 1 aliphatic rings. The highest BCUT2D eigenvalue weighted by molar-refractivity contribution is 4.91. The molecule has 1 atom stereocenters. The van der Waals surface area contributed by atoms with Crippen molar-refractivity contribution in [1.82, 2.24) is 5.32 Å². The third kappa shape index (κ3) is 3.79. The van der Waals surface area contributed by atoms with Crippen LogP contribution in [0.4, 0.5) is 0 Å². The summed E-state index contributed by atoms with van der Waals surface area (Å²) in [7, 11) is 0. The van der Waals surface area contributed by atoms with Crippen LogP contribution in [0.1, 0.15) is 72.1 Å². The molecule has 1 rings (SSSR count). The first kappa shape index (κ1) is 13.0. The van der Waals surface area contributed by atoms with Gasteiger partial charge >= 0.3 is 0 Å². The van der Waals surface area contributed by atoms with Crippen LogP contribution in [0.2, 0.25) is 0 Å². The maximum atomic E-state index is 3.79. The summed E-state index contributed by atoms with van der Waals surface area (Å²) in [6.07, 6.45) is 11.2. The molecule has 0 bridgehead atoms. The fraction of sp³-hybridized carbons (Fsp3) is 1.00. The molecule has 0 aliphatic heterocycles. The Morgan fingerprint density at radius 2 is 1.80 bits per heavy atom. The summed E-state index contributed by atoms with van der Waals surface area (Å²) in [5.74, 6) is 0. The standard InChI is InChI=1S/C14H29N/c1-4-6-9-13(15-12-5-2)14(3)10-7-8-11-14/h13,15H,4-12H2,1-3H3. The summed E-state index contributed by atoms with van der Waals surface area (Å²) in [6, 6.07) is 0.778. The van der Waals surface area contributed by atoms with E-state index in [0.717, 1.165) is 6.04 Å². The predicted molar refractivity (Wildman–Crippen MR) is 68.2 cm³/mol. The highest BCUT2D eigenvalue weighted by Crippen LogP contribution is 2.41. The quantitative estimate of drug-likeness (QED) is 0.668. The van der Waals surface area contributed by atoms with Gasteiger partial charge in [-0.15, -0.1) is 0 Å². The minimum Gasteiger partial charge on any atom is -0.313 e. The largest absolute Gasteiger partial charge is 0.313 e. The van der Waals surface area contributed by atoms with Gasteiger partial charge in [-0.05, 0) is 37.6 Å². The molecule has 1 heteroatoms. The first-order valence-corrected chi connectivity index (χ1v) is 6.96. The molecule has 0 saturated heterocycles. The first-order valence-electron chi connectivity index (χ1n) is 6.96. The Balaban J connectivity index is 2.45. The van der Waals surface area contributed by atoms with Crippen LogP contribution in [0.5, 0.6) is 0 Å². The molecule has 0 heterocycles. The lowest BCUT2D eigenvalue weighted by molar-refractivity contribution is 0.207. The minimum absolute atomic E-state index is 0.602. The maximum Gasteiger partial charge on any atom is 0.0121 e. The molecular weight excluding hydrogens is 182 g/mol. The molecule has 0 radical (unpaired) electrons. The van der Waals surface area contributed by atoms with Gasteiger partial charge in [-0.25, -0.2) is 0 Å². The van der Waals surface area contributed by atoms with Gasteiger partial charge in [0.15, 0.2) is 0 Å². The van der Waals surface area contributed by atoms with Crippen molar-refractivity contribution in [3.8, 4) is 0 Å². The van der Waals surface area contributed by atoms with E-state index in [-0.39, 0.29) is 0 Å². The molecule has 90 valence electrons. The summed E-state index contributed by atoms with van der Waals surface area (Å²) in [4.78, 5) is 0. The van der Waals surface area contributed by atoms with Gasteiger partial charge < -0.3 is 5.32 Å². The molecule has 1 N–H and O–H groups in total. The lowest BCUT2D eigenvalue weighted by Crippen LogP contribution is -2.42. The van der Waals surface area contributed by atoms with Crippen molar-refractivity contribution < 1.29 is 0 Å². The van der Waals surface area contributed by atoms with Crippen molar-refractivity contribution in [1.29, 1.82) is 0 Å². The van der Waals surface area contributed by atoms with Gasteiger partial charge in [0.05, 0.1) is 0 Å². The minimum atomic E-state index is 0.602. The fourth-order valence-electron chi connectivity index (χ4n) is 2.95. The Kier molecular flexibility index (Phi) is 5.66. The number of hydrogen-bond donors (Lipinski definition) is 1. The van der Waals surface area contributed by atoms with Gasteiger partial charge in [0, 0.05) is 6.04 Å². The molecule has 1 fully saturated rings. The zero-order valence-corrected chi connectivity index (χ0v) is 10.9. The monoisotopic (exact) mass is 211 g/mol. The molecule has 1 aliphatic carbocycles. The predicted octanol–water partition coefficient (Wildman–Crippen LogP) is 4.13. The van der Waals surface area contributed by atoms with E-state index in [2.05, 4.69) is 26.1 Å². The van der Waals surface area contributed by atoms with Crippen LogP contribution >= 0.6 is 0 Å². The lowest BCUT2D eigenvalue weighted by atomic mass is 9.78. The third-order valence-electron chi connectivity index (χ3n) is 4.07. The van der Waals surface area contributed by atoms with Crippen LogP contribution in [0.15, 0.2) is 0 Å². The molecule has 0 aromatic rings. The number of unbranched alkanes of at least 4 members (excludes halogenated alkanes) is 1. The average Bonchev–Trinajstić information content (AvgIpc) is 2.66. The topological polar surface area (TPSA) is 12.0 Å². The van der Waals surface area contributed by atoms with Crippen molar-refractivity contribution in [3.63, 3.8) is 0 Å². The maximum absolute atomic E-state index is 3.79. The van der Waals surface area contributed by atoms with Crippen molar-refractivity contribution in [2.75, 3.05) is 6.54 Å². The second-order valence-electron chi connectivity index (χ2n) is 5.51. The lowest BCUT2D eigenvalue weighted by Gasteiger charge is -2.35. The summed E-state index contributed by atoms with van der Waals surface area (Å²) in [5.41, 5.74) is 0.602. The Morgan fingerprint density at radius 1 is 1.13 bits per heavy atom. The molecule has 0 aromatic carbocycles. The SMILES string of the molecule is CCCCC(NCCC)C1(C)CCCC1. The van der Waals surface area contributed by atoms with Crippen molar-refractivity contribution in [3.05, 3.63) is 0 Å². The zero-order valence-electron chi connectivity index (χ0n) is 10.9. The number of hydrogen-bond acceptors (Lipinski definition) is 1. The van der Waals surface area contributed by atoms with Crippen molar-refractivity contribution in [2.45, 2.75) is 78.2 Å². The molecule has 0 aromatic heterocycles. The smallest absolute Gasteiger partial charge is 0.0121 e. The molecule has 0 spiro atoms. The van der Waals surface area contributed by atoms with Crippen LogP contribution in [-0.2, 0) is 0 Å². The average molecular weight is 211 g/mol. The van der Waals surface area contributed by atoms with Crippen LogP contribution in [-0.4, -0.2) is 12.6 Å². The van der Waals surface area contributed by atoms with Gasteiger partial charge in [-0.3, -0.25) is 0 Å². The second-order valence-corrected chi connectivity index (χ2v) is 5.51. The van der Waals surface area contributed by atoms with Crippen LogP contribution in [0.3, 0.4) is 0 Å². The van der Waals surface area contributed by atoms with Crippen LogP contribution < -0.4 is 5.32 Å². The van der Waals surface area contributed by atoms with Gasteiger partial charge in [0.1, 0.15) is 0 Å². The number of rotatable bonds is 7. The van der Waals surface area contributed by atoms with Crippen LogP contribution in [0, 0.1) is 5.41 Å². The Hall–Kier alpha value is -0.0400. The molecule has 15 heavy (non-hydrogen) atoms. The highest BCUT2D eigenvalue weighted by Gasteiger charge is 2.35. The zero-order chi connectivity index (χ0) is 11.1. The summed E-state index contributed by atoms with van der Waals surface area (Å²) < 4.78 is 0. The van der Waals surface area contributed by atoms with E-state index in [1.165, 1.54) is 57.9 Å². The highest BCUT2D eigenvalue weighted by atomic mass is 14.9. The van der Waals surface area contributed by atoms with E-state index >= 15 is 0 Å². The van der Waals surface area contributed by atoms with E-state index in [0.29, 0.717) is 5.41 Å². The molecule has 1 saturated carbocycles. The Labute approximate surface area is 96.0 Å². The Morgan fingerprint density at radius 3 is 2.33 bits per heavy atom. The van der Waals surface area contributed by atoms with Gasteiger partial charge in [0.2, 0.25) is 0 Å². The fourth-order valence-corrected chi connectivity index (χ4v) is 2.95. The first-order chi connectivity index (χ1) is 7.23. The van der Waals surface area contributed by atoms with Gasteiger partial charge in [-0.2, -0.15) is 0 Å². The van der Waals surface area contributed by atoms with Crippen molar-refractivity contribution in [2.24, 2.45) is 5.41 Å². The van der Waals surface area contributed by atoms with E-state index < -0.39 is 0 Å². The molecular formula is C14H29N. The van der Waals surface area contributed by atoms with Crippen molar-refractivity contribution >= 4 is 0 Å². The van der Waals surface area contributed by atoms with Gasteiger partial charge in [0.25, 0.3) is 0 Å². The summed E-state index contributed by atoms with van der Waals surface area (Å²) in [6.45, 7) is 8.27. The normalized spacial score (nSPS) is 21.8. The summed E-state index contributed by atoms with van der Waals surface area (Å²) in [5, 5.41) is 3.79. The number of nitrogens with one attached hydrogen (secondary N) is 1. The summed E-state index contributed by atoms with van der Waals surface area (Å²) >= 11 is 0. The van der Waals surface area contributed by atoms with Crippen LogP contribution in [0.25, 0.3) is 0 Å².